The SMILES string of the molecule is CC.CC.CNc1c(F)cc(C)cc1C=N. The molecule has 3 heteroatoms. The van der Waals surface area contributed by atoms with Crippen LogP contribution in [-0.2, 0) is 0 Å². The van der Waals surface area contributed by atoms with Crippen LogP contribution in [0.25, 0.3) is 0 Å². The van der Waals surface area contributed by atoms with Gasteiger partial charge in [0.05, 0.1) is 5.69 Å². The van der Waals surface area contributed by atoms with E-state index in [9.17, 15) is 4.39 Å². The van der Waals surface area contributed by atoms with Gasteiger partial charge in [-0.15, -0.1) is 0 Å². The van der Waals surface area contributed by atoms with Gasteiger partial charge in [0.25, 0.3) is 0 Å². The van der Waals surface area contributed by atoms with Gasteiger partial charge in [0, 0.05) is 18.8 Å². The summed E-state index contributed by atoms with van der Waals surface area (Å²) in [5, 5.41) is 9.77. The Labute approximate surface area is 98.4 Å². The molecule has 2 N–H and O–H groups in total. The van der Waals surface area contributed by atoms with Gasteiger partial charge in [-0.1, -0.05) is 27.7 Å². The average Bonchev–Trinajstić information content (AvgIpc) is 2.33. The highest BCUT2D eigenvalue weighted by Gasteiger charge is 2.05. The minimum atomic E-state index is -0.309. The van der Waals surface area contributed by atoms with E-state index in [4.69, 9.17) is 5.41 Å². The molecule has 0 aliphatic heterocycles. The molecule has 16 heavy (non-hydrogen) atoms. The van der Waals surface area contributed by atoms with Crippen LogP contribution in [0.5, 0.6) is 0 Å². The molecule has 0 bridgehead atoms. The first-order valence-electron chi connectivity index (χ1n) is 5.67. The normalized spacial score (nSPS) is 7.94. The first-order chi connectivity index (χ1) is 7.69. The highest BCUT2D eigenvalue weighted by molar-refractivity contribution is 5.86. The maximum Gasteiger partial charge on any atom is 0.147 e. The quantitative estimate of drug-likeness (QED) is 0.727. The molecule has 1 aromatic rings. The van der Waals surface area contributed by atoms with E-state index in [0.717, 1.165) is 11.8 Å². The van der Waals surface area contributed by atoms with Crippen molar-refractivity contribution in [1.29, 1.82) is 5.41 Å². The number of hydrogen-bond donors (Lipinski definition) is 2. The van der Waals surface area contributed by atoms with E-state index >= 15 is 0 Å². The molecule has 1 rings (SSSR count). The number of benzene rings is 1. The van der Waals surface area contributed by atoms with Gasteiger partial charge in [-0.05, 0) is 24.6 Å². The predicted molar refractivity (Wildman–Crippen MR) is 71.3 cm³/mol. The third-order valence-electron chi connectivity index (χ3n) is 1.67. The Morgan fingerprint density at radius 3 is 2.06 bits per heavy atom. The van der Waals surface area contributed by atoms with Crippen molar-refractivity contribution >= 4 is 11.9 Å². The average molecular weight is 226 g/mol. The zero-order valence-corrected chi connectivity index (χ0v) is 11.1. The van der Waals surface area contributed by atoms with Crippen molar-refractivity contribution in [1.82, 2.24) is 0 Å². The van der Waals surface area contributed by atoms with Crippen molar-refractivity contribution in [3.05, 3.63) is 29.1 Å². The smallest absolute Gasteiger partial charge is 0.147 e. The molecule has 0 unspecified atom stereocenters. The van der Waals surface area contributed by atoms with Crippen LogP contribution in [0.2, 0.25) is 0 Å². The van der Waals surface area contributed by atoms with Crippen LogP contribution in [-0.4, -0.2) is 13.3 Å². The topological polar surface area (TPSA) is 35.9 Å². The molecule has 92 valence electrons. The zero-order valence-electron chi connectivity index (χ0n) is 11.1. The molecule has 0 aromatic heterocycles. The van der Waals surface area contributed by atoms with Crippen LogP contribution in [0.15, 0.2) is 12.1 Å². The highest BCUT2D eigenvalue weighted by Crippen LogP contribution is 2.19. The monoisotopic (exact) mass is 226 g/mol. The largest absolute Gasteiger partial charge is 0.385 e. The van der Waals surface area contributed by atoms with Crippen LogP contribution in [0.4, 0.5) is 10.1 Å². The zero-order chi connectivity index (χ0) is 13.1. The Hall–Kier alpha value is -1.38. The Morgan fingerprint density at radius 1 is 1.19 bits per heavy atom. The molecule has 0 spiro atoms. The van der Waals surface area contributed by atoms with E-state index < -0.39 is 0 Å². The van der Waals surface area contributed by atoms with Gasteiger partial charge in [0.2, 0.25) is 0 Å². The minimum Gasteiger partial charge on any atom is -0.385 e. The lowest BCUT2D eigenvalue weighted by Gasteiger charge is -2.06. The summed E-state index contributed by atoms with van der Waals surface area (Å²) in [4.78, 5) is 0. The van der Waals surface area contributed by atoms with Crippen molar-refractivity contribution in [3.63, 3.8) is 0 Å². The van der Waals surface area contributed by atoms with E-state index in [1.807, 2.05) is 27.7 Å². The third kappa shape index (κ3) is 4.91. The first-order valence-corrected chi connectivity index (χ1v) is 5.67. The van der Waals surface area contributed by atoms with Crippen LogP contribution in [0.1, 0.15) is 38.8 Å². The lowest BCUT2D eigenvalue weighted by molar-refractivity contribution is 0.630. The molecule has 2 nitrogen and oxygen atoms in total. The van der Waals surface area contributed by atoms with Gasteiger partial charge in [-0.2, -0.15) is 0 Å². The van der Waals surface area contributed by atoms with E-state index in [1.54, 1.807) is 20.0 Å². The summed E-state index contributed by atoms with van der Waals surface area (Å²) in [6, 6.07) is 3.21. The van der Waals surface area contributed by atoms with E-state index in [-0.39, 0.29) is 5.82 Å². The van der Waals surface area contributed by atoms with Gasteiger partial charge in [-0.3, -0.25) is 0 Å². The van der Waals surface area contributed by atoms with E-state index in [2.05, 4.69) is 5.32 Å². The maximum atomic E-state index is 13.1. The van der Waals surface area contributed by atoms with Crippen LogP contribution >= 0.6 is 0 Å². The molecule has 0 saturated heterocycles. The number of nitrogens with one attached hydrogen (secondary N) is 2. The molecule has 0 fully saturated rings. The molecular weight excluding hydrogens is 203 g/mol. The van der Waals surface area contributed by atoms with Gasteiger partial charge in [0.1, 0.15) is 5.82 Å². The lowest BCUT2D eigenvalue weighted by atomic mass is 10.1. The second-order valence-corrected chi connectivity index (χ2v) is 2.61. The summed E-state index contributed by atoms with van der Waals surface area (Å²) in [5.41, 5.74) is 1.79. The van der Waals surface area contributed by atoms with E-state index in [1.165, 1.54) is 6.07 Å². The lowest BCUT2D eigenvalue weighted by Crippen LogP contribution is -1.98. The Balaban J connectivity index is 0. The Kier molecular flexibility index (Phi) is 10.8. The van der Waals surface area contributed by atoms with Crippen molar-refractivity contribution in [2.75, 3.05) is 12.4 Å². The molecular formula is C13H23FN2. The second kappa shape index (κ2) is 10.1. The van der Waals surface area contributed by atoms with Crippen molar-refractivity contribution in [2.45, 2.75) is 34.6 Å². The van der Waals surface area contributed by atoms with Gasteiger partial charge in [-0.25, -0.2) is 4.39 Å². The fourth-order valence-corrected chi connectivity index (χ4v) is 1.15. The van der Waals surface area contributed by atoms with Crippen LogP contribution in [0.3, 0.4) is 0 Å². The molecule has 0 atom stereocenters. The number of hydrogen-bond acceptors (Lipinski definition) is 2. The summed E-state index contributed by atoms with van der Waals surface area (Å²) in [5.74, 6) is -0.309. The van der Waals surface area contributed by atoms with E-state index in [0.29, 0.717) is 11.3 Å². The first kappa shape index (κ1) is 17.0. The Morgan fingerprint density at radius 2 is 1.69 bits per heavy atom. The highest BCUT2D eigenvalue weighted by atomic mass is 19.1. The number of anilines is 1. The van der Waals surface area contributed by atoms with Crippen molar-refractivity contribution in [2.24, 2.45) is 0 Å². The molecule has 0 saturated carbocycles. The number of rotatable bonds is 2. The summed E-state index contributed by atoms with van der Waals surface area (Å²) >= 11 is 0. The number of aryl methyl sites for hydroxylation is 1. The fraction of sp³-hybridized carbons (Fsp3) is 0.462. The fourth-order valence-electron chi connectivity index (χ4n) is 1.15. The van der Waals surface area contributed by atoms with Crippen LogP contribution in [0, 0.1) is 18.2 Å². The number of halogens is 1. The Bertz CT molecular complexity index is 309. The summed E-state index contributed by atoms with van der Waals surface area (Å²) < 4.78 is 13.1. The molecule has 0 aliphatic carbocycles. The second-order valence-electron chi connectivity index (χ2n) is 2.61. The summed E-state index contributed by atoms with van der Waals surface area (Å²) in [6.45, 7) is 9.80. The standard InChI is InChI=1S/C9H11FN2.2C2H6/c1-6-3-7(5-11)9(12-2)8(10)4-6;2*1-2/h3-5,11-12H,1-2H3;2*1-2H3. The minimum absolute atomic E-state index is 0.309. The predicted octanol–water partition coefficient (Wildman–Crippen LogP) is 4.23. The molecule has 0 radical (unpaired) electrons. The van der Waals surface area contributed by atoms with Crippen molar-refractivity contribution < 1.29 is 4.39 Å². The summed E-state index contributed by atoms with van der Waals surface area (Å²) in [6.07, 6.45) is 1.14. The van der Waals surface area contributed by atoms with Crippen LogP contribution < -0.4 is 5.32 Å². The molecule has 0 amide bonds. The van der Waals surface area contributed by atoms with Crippen molar-refractivity contribution in [3.8, 4) is 0 Å². The van der Waals surface area contributed by atoms with Gasteiger partial charge < -0.3 is 10.7 Å². The van der Waals surface area contributed by atoms with Gasteiger partial charge in [0.15, 0.2) is 0 Å². The molecule has 0 heterocycles. The summed E-state index contributed by atoms with van der Waals surface area (Å²) in [7, 11) is 1.64. The molecule has 1 aromatic carbocycles. The maximum absolute atomic E-state index is 13.1. The third-order valence-corrected chi connectivity index (χ3v) is 1.67. The van der Waals surface area contributed by atoms with Gasteiger partial charge >= 0.3 is 0 Å². The molecule has 0 aliphatic rings.